The van der Waals surface area contributed by atoms with Gasteiger partial charge in [-0.2, -0.15) is 0 Å². The Balaban J connectivity index is 0.735. The number of aliphatic hydroxyl groups is 10. The Kier molecular flexibility index (Phi) is 21.6. The van der Waals surface area contributed by atoms with Crippen LogP contribution in [-0.2, 0) is 75.8 Å². The molecule has 9 aliphatic rings. The average molecular weight is 1280 g/mol. The standard InChI is InChI=1S/C64H98O26/c1-30-51(87-44-27-39(77-9)52(31(2)81-44)88-45-28-40(78-10)53(32(3)82-45)89-59-49(71)55(79-11)54(33(4)83-59)90-58-48(70)47(69)46(68)41(29-65)85-58)38(76-8)26-43(80-30)84-37-20-21-60(6)36(25-37)19-22-63(74)56(60)50(72)57(86-42(67)18-17-35-15-13-12-14-16-35)61(7)62(73,34(5)66)23-24-64(61,63)75/h12-19,30-34,37-41,43-59,65-66,68-75H,20-29H2,1-11H3/t30-,31-,32-,33-,34+,37+,38+,39+,40-,41-,43+,44+,45+,46-,47+,48-,49-,50+,51-,52-,53-,54-,55-,56-,57-,58+,59+,60+,61-,62-,63+,64-/m1/s1. The molecule has 0 amide bonds. The van der Waals surface area contributed by atoms with E-state index in [2.05, 4.69) is 0 Å². The van der Waals surface area contributed by atoms with Gasteiger partial charge in [0.05, 0.1) is 73.1 Å². The van der Waals surface area contributed by atoms with Crippen LogP contribution in [0.15, 0.2) is 48.1 Å². The maximum absolute atomic E-state index is 13.7. The van der Waals surface area contributed by atoms with Gasteiger partial charge in [-0.05, 0) is 90.2 Å². The second-order valence-electron chi connectivity index (χ2n) is 26.9. The zero-order chi connectivity index (χ0) is 65.2. The molecule has 510 valence electrons. The molecule has 0 spiro atoms. The maximum Gasteiger partial charge on any atom is 0.331 e. The quantitative estimate of drug-likeness (QED) is 0.0520. The molecule has 0 bridgehead atoms. The van der Waals surface area contributed by atoms with Gasteiger partial charge in [0.2, 0.25) is 0 Å². The molecule has 3 saturated carbocycles. The molecule has 10 N–H and O–H groups in total. The molecule has 26 heteroatoms. The molecule has 1 aromatic rings. The van der Waals surface area contributed by atoms with Gasteiger partial charge in [0.15, 0.2) is 31.5 Å². The molecule has 8 fully saturated rings. The summed E-state index contributed by atoms with van der Waals surface area (Å²) >= 11 is 0. The molecule has 90 heavy (non-hydrogen) atoms. The van der Waals surface area contributed by atoms with Gasteiger partial charge in [0, 0.05) is 59.7 Å². The van der Waals surface area contributed by atoms with Crippen molar-refractivity contribution in [1.29, 1.82) is 0 Å². The fourth-order valence-electron chi connectivity index (χ4n) is 16.8. The topological polar surface area (TPSA) is 358 Å². The van der Waals surface area contributed by atoms with E-state index in [-0.39, 0.29) is 38.2 Å². The number of aliphatic hydroxyl groups excluding tert-OH is 7. The summed E-state index contributed by atoms with van der Waals surface area (Å²) in [7, 11) is 6.07. The summed E-state index contributed by atoms with van der Waals surface area (Å²) in [4.78, 5) is 13.7. The number of esters is 1. The van der Waals surface area contributed by atoms with Crippen LogP contribution in [0.4, 0.5) is 0 Å². The van der Waals surface area contributed by atoms with Gasteiger partial charge < -0.3 is 122 Å². The van der Waals surface area contributed by atoms with Crippen molar-refractivity contribution >= 4 is 12.0 Å². The van der Waals surface area contributed by atoms with Crippen LogP contribution in [0.1, 0.15) is 112 Å². The molecular weight excluding hydrogens is 1180 g/mol. The van der Waals surface area contributed by atoms with Gasteiger partial charge in [-0.25, -0.2) is 4.79 Å². The fourth-order valence-corrected chi connectivity index (χ4v) is 16.8. The third-order valence-corrected chi connectivity index (χ3v) is 21.9. The van der Waals surface area contributed by atoms with E-state index in [1.807, 2.05) is 57.2 Å². The van der Waals surface area contributed by atoms with E-state index < -0.39 is 200 Å². The number of rotatable bonds is 19. The lowest BCUT2D eigenvalue weighted by Gasteiger charge is -2.68. The summed E-state index contributed by atoms with van der Waals surface area (Å²) < 4.78 is 93.4. The Bertz CT molecular complexity index is 2620. The predicted octanol–water partition coefficient (Wildman–Crippen LogP) is 0.793. The van der Waals surface area contributed by atoms with Crippen LogP contribution in [0.5, 0.6) is 0 Å². The Morgan fingerprint density at radius 1 is 0.633 bits per heavy atom. The predicted molar refractivity (Wildman–Crippen MR) is 312 cm³/mol. The third-order valence-electron chi connectivity index (χ3n) is 21.9. The Morgan fingerprint density at radius 3 is 1.71 bits per heavy atom. The minimum Gasteiger partial charge on any atom is -0.456 e. The molecule has 1 aromatic carbocycles. The van der Waals surface area contributed by atoms with Crippen LogP contribution < -0.4 is 0 Å². The first-order valence-electron chi connectivity index (χ1n) is 31.8. The summed E-state index contributed by atoms with van der Waals surface area (Å²) in [5.74, 6) is -1.88. The molecule has 0 unspecified atom stereocenters. The summed E-state index contributed by atoms with van der Waals surface area (Å²) in [6.07, 6.45) is -19.4. The van der Waals surface area contributed by atoms with Crippen LogP contribution in [-0.4, -0.2) is 269 Å². The van der Waals surface area contributed by atoms with Crippen LogP contribution in [0.3, 0.4) is 0 Å². The first-order chi connectivity index (χ1) is 42.6. The number of hydrogen-bond acceptors (Lipinski definition) is 26. The molecule has 0 radical (unpaired) electrons. The van der Waals surface area contributed by atoms with E-state index in [1.165, 1.54) is 34.1 Å². The Labute approximate surface area is 525 Å². The van der Waals surface area contributed by atoms with Crippen molar-refractivity contribution in [2.24, 2.45) is 16.7 Å². The normalized spacial score (nSPS) is 50.1. The highest BCUT2D eigenvalue weighted by Gasteiger charge is 2.83. The van der Waals surface area contributed by atoms with E-state index in [9.17, 15) is 55.9 Å². The minimum absolute atomic E-state index is 0.0797. The van der Waals surface area contributed by atoms with Crippen LogP contribution in [0, 0.1) is 16.7 Å². The van der Waals surface area contributed by atoms with E-state index in [4.69, 9.17) is 71.1 Å². The molecule has 5 heterocycles. The largest absolute Gasteiger partial charge is 0.456 e. The lowest BCUT2D eigenvalue weighted by Crippen LogP contribution is -2.82. The van der Waals surface area contributed by atoms with Crippen molar-refractivity contribution in [1.82, 2.24) is 0 Å². The lowest BCUT2D eigenvalue weighted by atomic mass is 9.41. The smallest absolute Gasteiger partial charge is 0.331 e. The number of methoxy groups -OCH3 is 4. The monoisotopic (exact) mass is 1280 g/mol. The van der Waals surface area contributed by atoms with Gasteiger partial charge in [-0.3, -0.25) is 0 Å². The van der Waals surface area contributed by atoms with Crippen molar-refractivity contribution in [2.45, 2.75) is 283 Å². The second-order valence-corrected chi connectivity index (χ2v) is 26.9. The minimum atomic E-state index is -2.11. The van der Waals surface area contributed by atoms with Gasteiger partial charge >= 0.3 is 5.97 Å². The SMILES string of the molecule is CO[C@@H]1[C@@H](O)[C@H](O[C@@H]2[C@@H](C)O[C@@H](O[C@H]3[C@@H](OC)C[C@H](O[C@H]4[C@@H](OC)C[C@H](O[C@H]5CC[C@@]6(C)C(=CC[C@]7(O)[C@@H]6[C@H](O)[C@@H](OC(=O)C=Cc6ccccc6)[C@@]6(C)[C@]7(O)CC[C@@]6(O)[C@H](C)O)C5)O[C@@H]4C)O[C@@H]3C)C[C@H]2OC)O[C@H](C)[C@H]1O[C@@H]1O[C@H](CO)[C@@H](O)[C@H](O)[C@H]1O. The molecule has 0 aromatic heterocycles. The van der Waals surface area contributed by atoms with E-state index in [1.54, 1.807) is 34.1 Å². The molecule has 5 aliphatic heterocycles. The van der Waals surface area contributed by atoms with Crippen molar-refractivity contribution in [2.75, 3.05) is 35.0 Å². The van der Waals surface area contributed by atoms with Gasteiger partial charge in [-0.1, -0.05) is 55.8 Å². The number of fused-ring (bicyclic) bond motifs is 5. The fraction of sp³-hybridized carbons (Fsp3) is 0.828. The number of carbonyl (C=O) groups is 1. The number of ether oxygens (including phenoxy) is 15. The van der Waals surface area contributed by atoms with Crippen LogP contribution in [0.2, 0.25) is 0 Å². The van der Waals surface area contributed by atoms with Crippen molar-refractivity contribution in [3.05, 3.63) is 53.6 Å². The zero-order valence-corrected chi connectivity index (χ0v) is 53.3. The van der Waals surface area contributed by atoms with Gasteiger partial charge in [0.25, 0.3) is 0 Å². The molecule has 26 nitrogen and oxygen atoms in total. The summed E-state index contributed by atoms with van der Waals surface area (Å²) in [5, 5.41) is 115. The highest BCUT2D eigenvalue weighted by molar-refractivity contribution is 5.87. The zero-order valence-electron chi connectivity index (χ0n) is 53.3. The second kappa shape index (κ2) is 27.7. The summed E-state index contributed by atoms with van der Waals surface area (Å²) in [6.45, 7) is 11.3. The third kappa shape index (κ3) is 12.5. The van der Waals surface area contributed by atoms with Crippen LogP contribution in [0.25, 0.3) is 6.08 Å². The molecule has 4 aliphatic carbocycles. The summed E-state index contributed by atoms with van der Waals surface area (Å²) in [5.41, 5.74) is -7.38. The number of benzene rings is 1. The molecule has 32 atom stereocenters. The molecule has 10 rings (SSSR count). The first-order valence-corrected chi connectivity index (χ1v) is 31.8. The number of carbonyl (C=O) groups excluding carboxylic acids is 1. The van der Waals surface area contributed by atoms with Crippen molar-refractivity contribution < 1.29 is 127 Å². The first kappa shape index (κ1) is 70.0. The molecular formula is C64H98O26. The van der Waals surface area contributed by atoms with Crippen molar-refractivity contribution in [3.8, 4) is 0 Å². The highest BCUT2D eigenvalue weighted by Crippen LogP contribution is 2.71. The summed E-state index contributed by atoms with van der Waals surface area (Å²) in [6, 6.07) is 9.10. The Morgan fingerprint density at radius 2 is 1.17 bits per heavy atom. The molecule has 5 saturated heterocycles. The lowest BCUT2D eigenvalue weighted by molar-refractivity contribution is -0.374. The van der Waals surface area contributed by atoms with Crippen molar-refractivity contribution in [3.63, 3.8) is 0 Å². The van der Waals surface area contributed by atoms with E-state index >= 15 is 0 Å². The van der Waals surface area contributed by atoms with Gasteiger partial charge in [0.1, 0.15) is 83.9 Å². The van der Waals surface area contributed by atoms with E-state index in [0.29, 0.717) is 25.7 Å². The Hall–Kier alpha value is -2.79. The average Bonchev–Trinajstić information content (AvgIpc) is 1.34. The number of hydrogen-bond donors (Lipinski definition) is 10. The highest BCUT2D eigenvalue weighted by atomic mass is 16.8. The van der Waals surface area contributed by atoms with E-state index in [0.717, 1.165) is 11.1 Å². The van der Waals surface area contributed by atoms with Crippen LogP contribution >= 0.6 is 0 Å². The van der Waals surface area contributed by atoms with Gasteiger partial charge in [-0.15, -0.1) is 0 Å². The maximum atomic E-state index is 13.7.